The third-order valence-corrected chi connectivity index (χ3v) is 5.35. The molecule has 2 aromatic rings. The number of sulfonamides is 1. The Bertz CT molecular complexity index is 943. The number of benzene rings is 2. The lowest BCUT2D eigenvalue weighted by Crippen LogP contribution is -2.42. The molecule has 28 heavy (non-hydrogen) atoms. The van der Waals surface area contributed by atoms with Gasteiger partial charge >= 0.3 is 5.97 Å². The van der Waals surface area contributed by atoms with Crippen LogP contribution in [-0.4, -0.2) is 32.4 Å². The average molecular weight is 408 g/mol. The number of hydrogen-bond donors (Lipinski definition) is 2. The first kappa shape index (κ1) is 21.5. The summed E-state index contributed by atoms with van der Waals surface area (Å²) < 4.78 is 44.6. The van der Waals surface area contributed by atoms with Crippen molar-refractivity contribution in [1.29, 1.82) is 0 Å². The Balaban J connectivity index is 1.94. The molecule has 2 atom stereocenters. The molecule has 0 aliphatic heterocycles. The molecular weight excluding hydrogens is 387 g/mol. The van der Waals surface area contributed by atoms with Crippen molar-refractivity contribution >= 4 is 27.6 Å². The van der Waals surface area contributed by atoms with E-state index in [1.165, 1.54) is 13.8 Å². The van der Waals surface area contributed by atoms with Crippen molar-refractivity contribution in [2.45, 2.75) is 37.8 Å². The van der Waals surface area contributed by atoms with Crippen LogP contribution in [-0.2, 0) is 24.3 Å². The molecule has 0 radical (unpaired) electrons. The van der Waals surface area contributed by atoms with Gasteiger partial charge in [0.25, 0.3) is 5.91 Å². The van der Waals surface area contributed by atoms with E-state index in [0.717, 1.165) is 29.8 Å². The van der Waals surface area contributed by atoms with Gasteiger partial charge in [-0.15, -0.1) is 0 Å². The first-order valence-corrected chi connectivity index (χ1v) is 9.93. The molecular formula is C19H21FN2O5S. The van der Waals surface area contributed by atoms with Crippen molar-refractivity contribution in [3.63, 3.8) is 0 Å². The van der Waals surface area contributed by atoms with Gasteiger partial charge in [-0.25, -0.2) is 12.8 Å². The molecule has 0 saturated heterocycles. The van der Waals surface area contributed by atoms with Crippen LogP contribution in [0.2, 0.25) is 0 Å². The van der Waals surface area contributed by atoms with Crippen molar-refractivity contribution < 1.29 is 27.1 Å². The van der Waals surface area contributed by atoms with Crippen LogP contribution in [0, 0.1) is 12.7 Å². The molecule has 2 rings (SSSR count). The van der Waals surface area contributed by atoms with Crippen molar-refractivity contribution in [3.8, 4) is 0 Å². The number of rotatable bonds is 7. The average Bonchev–Trinajstić information content (AvgIpc) is 2.63. The van der Waals surface area contributed by atoms with Gasteiger partial charge in [0, 0.05) is 5.69 Å². The number of halogens is 1. The van der Waals surface area contributed by atoms with E-state index in [1.54, 1.807) is 12.1 Å². The summed E-state index contributed by atoms with van der Waals surface area (Å²) in [5.41, 5.74) is 1.57. The molecule has 7 nitrogen and oxygen atoms in total. The number of hydrogen-bond acceptors (Lipinski definition) is 5. The fraction of sp³-hybridized carbons (Fsp3) is 0.263. The third kappa shape index (κ3) is 5.86. The minimum absolute atomic E-state index is 0.196. The molecule has 0 aromatic heterocycles. The van der Waals surface area contributed by atoms with Crippen LogP contribution in [0.25, 0.3) is 0 Å². The van der Waals surface area contributed by atoms with E-state index in [4.69, 9.17) is 4.74 Å². The van der Waals surface area contributed by atoms with Crippen LogP contribution in [0.3, 0.4) is 0 Å². The Labute approximate surface area is 163 Å². The first-order chi connectivity index (χ1) is 13.1. The molecule has 9 heteroatoms. The minimum atomic E-state index is -4.05. The van der Waals surface area contributed by atoms with Gasteiger partial charge < -0.3 is 10.1 Å². The normalized spacial score (nSPS) is 13.4. The maximum atomic E-state index is 12.9. The molecule has 0 unspecified atom stereocenters. The number of aryl methyl sites for hydroxylation is 1. The fourth-order valence-electron chi connectivity index (χ4n) is 2.17. The Kier molecular flexibility index (Phi) is 6.87. The summed E-state index contributed by atoms with van der Waals surface area (Å²) >= 11 is 0. The number of ether oxygens (including phenoxy) is 1. The van der Waals surface area contributed by atoms with E-state index in [1.807, 2.05) is 19.1 Å². The van der Waals surface area contributed by atoms with Crippen LogP contribution in [0.5, 0.6) is 0 Å². The van der Waals surface area contributed by atoms with Crippen molar-refractivity contribution in [3.05, 3.63) is 59.9 Å². The van der Waals surface area contributed by atoms with Gasteiger partial charge in [-0.2, -0.15) is 4.72 Å². The number of anilines is 1. The minimum Gasteiger partial charge on any atom is -0.451 e. The quantitative estimate of drug-likeness (QED) is 0.685. The third-order valence-electron chi connectivity index (χ3n) is 3.79. The topological polar surface area (TPSA) is 102 Å². The highest BCUT2D eigenvalue weighted by molar-refractivity contribution is 7.89. The van der Waals surface area contributed by atoms with Gasteiger partial charge in [-0.05, 0) is 57.2 Å². The maximum absolute atomic E-state index is 12.9. The fourth-order valence-corrected chi connectivity index (χ4v) is 3.37. The monoisotopic (exact) mass is 408 g/mol. The second-order valence-electron chi connectivity index (χ2n) is 6.23. The Morgan fingerprint density at radius 1 is 1.00 bits per heavy atom. The summed E-state index contributed by atoms with van der Waals surface area (Å²) in [6.07, 6.45) is -1.13. The van der Waals surface area contributed by atoms with Gasteiger partial charge in [-0.3, -0.25) is 9.59 Å². The van der Waals surface area contributed by atoms with Crippen molar-refractivity contribution in [1.82, 2.24) is 4.72 Å². The van der Waals surface area contributed by atoms with Gasteiger partial charge in [0.05, 0.1) is 4.90 Å². The SMILES string of the molecule is Cc1ccc(NC(=O)[C@@H](C)OC(=O)[C@H](C)NS(=O)(=O)c2ccc(F)cc2)cc1. The number of nitrogens with one attached hydrogen (secondary N) is 2. The van der Waals surface area contributed by atoms with Gasteiger partial charge in [0.15, 0.2) is 6.10 Å². The standard InChI is InChI=1S/C19H21FN2O5S/c1-12-4-8-16(9-5-12)21-18(23)14(3)27-19(24)13(2)22-28(25,26)17-10-6-15(20)7-11-17/h4-11,13-14,22H,1-3H3,(H,21,23)/t13-,14+/m0/s1. The van der Waals surface area contributed by atoms with E-state index in [2.05, 4.69) is 10.0 Å². The highest BCUT2D eigenvalue weighted by atomic mass is 32.2. The molecule has 2 aromatic carbocycles. The van der Waals surface area contributed by atoms with E-state index in [-0.39, 0.29) is 4.90 Å². The van der Waals surface area contributed by atoms with Crippen LogP contribution in [0.4, 0.5) is 10.1 Å². The van der Waals surface area contributed by atoms with Gasteiger partial charge in [-0.1, -0.05) is 17.7 Å². The molecule has 0 spiro atoms. The maximum Gasteiger partial charge on any atom is 0.324 e. The number of amides is 1. The Hall–Kier alpha value is -2.78. The highest BCUT2D eigenvalue weighted by Crippen LogP contribution is 2.12. The van der Waals surface area contributed by atoms with Gasteiger partial charge in [0.2, 0.25) is 10.0 Å². The predicted octanol–water partition coefficient (Wildman–Crippen LogP) is 2.37. The molecule has 2 N–H and O–H groups in total. The largest absolute Gasteiger partial charge is 0.451 e. The highest BCUT2D eigenvalue weighted by Gasteiger charge is 2.26. The lowest BCUT2D eigenvalue weighted by Gasteiger charge is -2.17. The molecule has 1 amide bonds. The summed E-state index contributed by atoms with van der Waals surface area (Å²) in [4.78, 5) is 24.1. The zero-order valence-electron chi connectivity index (χ0n) is 15.6. The summed E-state index contributed by atoms with van der Waals surface area (Å²) in [6.45, 7) is 4.57. The predicted molar refractivity (Wildman–Crippen MR) is 102 cm³/mol. The van der Waals surface area contributed by atoms with Crippen molar-refractivity contribution in [2.24, 2.45) is 0 Å². The van der Waals surface area contributed by atoms with E-state index < -0.39 is 39.9 Å². The number of carbonyl (C=O) groups excluding carboxylic acids is 2. The van der Waals surface area contributed by atoms with Gasteiger partial charge in [0.1, 0.15) is 11.9 Å². The van der Waals surface area contributed by atoms with Crippen LogP contribution >= 0.6 is 0 Å². The second-order valence-corrected chi connectivity index (χ2v) is 7.95. The summed E-state index contributed by atoms with van der Waals surface area (Å²) in [5.74, 6) is -2.05. The lowest BCUT2D eigenvalue weighted by atomic mass is 10.2. The molecule has 0 bridgehead atoms. The second kappa shape index (κ2) is 8.94. The number of carbonyl (C=O) groups is 2. The zero-order valence-corrected chi connectivity index (χ0v) is 16.4. The molecule has 0 saturated carbocycles. The van der Waals surface area contributed by atoms with E-state index in [0.29, 0.717) is 5.69 Å². The van der Waals surface area contributed by atoms with Crippen LogP contribution in [0.1, 0.15) is 19.4 Å². The molecule has 0 aliphatic rings. The summed E-state index contributed by atoms with van der Waals surface area (Å²) in [7, 11) is -4.05. The first-order valence-electron chi connectivity index (χ1n) is 8.44. The summed E-state index contributed by atoms with van der Waals surface area (Å²) in [6, 6.07) is 9.95. The molecule has 0 fully saturated rings. The number of esters is 1. The Morgan fingerprint density at radius 3 is 2.14 bits per heavy atom. The van der Waals surface area contributed by atoms with E-state index >= 15 is 0 Å². The lowest BCUT2D eigenvalue weighted by molar-refractivity contribution is -0.154. The summed E-state index contributed by atoms with van der Waals surface area (Å²) in [5, 5.41) is 2.60. The molecule has 150 valence electrons. The Morgan fingerprint density at radius 2 is 1.57 bits per heavy atom. The molecule has 0 aliphatic carbocycles. The van der Waals surface area contributed by atoms with Crippen LogP contribution < -0.4 is 10.0 Å². The van der Waals surface area contributed by atoms with Crippen molar-refractivity contribution in [2.75, 3.05) is 5.32 Å². The van der Waals surface area contributed by atoms with Crippen LogP contribution in [0.15, 0.2) is 53.4 Å². The van der Waals surface area contributed by atoms with E-state index in [9.17, 15) is 22.4 Å². The zero-order chi connectivity index (χ0) is 20.9. The smallest absolute Gasteiger partial charge is 0.324 e. The molecule has 0 heterocycles.